The Kier molecular flexibility index (Phi) is 4.63. The molecule has 2 saturated heterocycles. The minimum Gasteiger partial charge on any atom is -0.491 e. The van der Waals surface area contributed by atoms with Crippen LogP contribution in [0, 0.1) is 0 Å². The fourth-order valence-electron chi connectivity index (χ4n) is 3.33. The Morgan fingerprint density at radius 3 is 2.86 bits per heavy atom. The van der Waals surface area contributed by atoms with Crippen molar-refractivity contribution >= 4 is 5.69 Å². The van der Waals surface area contributed by atoms with Crippen LogP contribution in [0.25, 0.3) is 0 Å². The number of piperazine rings is 1. The summed E-state index contributed by atoms with van der Waals surface area (Å²) in [6.07, 6.45) is 2.17. The van der Waals surface area contributed by atoms with Crippen molar-refractivity contribution in [3.05, 3.63) is 24.3 Å². The van der Waals surface area contributed by atoms with Crippen LogP contribution in [0.4, 0.5) is 5.69 Å². The van der Waals surface area contributed by atoms with E-state index in [1.165, 1.54) is 19.4 Å². The van der Waals surface area contributed by atoms with E-state index in [1.54, 1.807) is 12.1 Å². The van der Waals surface area contributed by atoms with Crippen LogP contribution >= 0.6 is 0 Å². The molecule has 3 N–H and O–H groups in total. The molecule has 5 heteroatoms. The molecule has 0 bridgehead atoms. The standard InChI is InChI=1S/C16H25N3O2/c17-13-3-5-16(6-4-13)21-12-15(20)11-18-8-9-19-7-1-2-14(19)10-18/h3-6,14-15,20H,1-2,7-12,17H2. The maximum atomic E-state index is 10.2. The zero-order chi connectivity index (χ0) is 14.7. The summed E-state index contributed by atoms with van der Waals surface area (Å²) in [7, 11) is 0. The maximum absolute atomic E-state index is 10.2. The summed E-state index contributed by atoms with van der Waals surface area (Å²) >= 11 is 0. The van der Waals surface area contributed by atoms with Gasteiger partial charge in [0.1, 0.15) is 18.5 Å². The van der Waals surface area contributed by atoms with Crippen LogP contribution in [0.5, 0.6) is 5.75 Å². The van der Waals surface area contributed by atoms with E-state index in [-0.39, 0.29) is 0 Å². The van der Waals surface area contributed by atoms with E-state index in [9.17, 15) is 5.11 Å². The zero-order valence-electron chi connectivity index (χ0n) is 12.4. The molecule has 5 nitrogen and oxygen atoms in total. The first-order valence-corrected chi connectivity index (χ1v) is 7.83. The van der Waals surface area contributed by atoms with Crippen LogP contribution in [0.2, 0.25) is 0 Å². The number of aliphatic hydroxyl groups is 1. The third-order valence-corrected chi connectivity index (χ3v) is 4.46. The second kappa shape index (κ2) is 6.64. The average molecular weight is 291 g/mol. The summed E-state index contributed by atoms with van der Waals surface area (Å²) in [5.41, 5.74) is 6.35. The number of hydrogen-bond donors (Lipinski definition) is 2. The molecule has 2 fully saturated rings. The van der Waals surface area contributed by atoms with Gasteiger partial charge in [0.05, 0.1) is 0 Å². The van der Waals surface area contributed by atoms with Gasteiger partial charge in [0.15, 0.2) is 0 Å². The van der Waals surface area contributed by atoms with Gasteiger partial charge in [-0.2, -0.15) is 0 Å². The molecule has 0 spiro atoms. The van der Waals surface area contributed by atoms with Crippen LogP contribution in [0.15, 0.2) is 24.3 Å². The van der Waals surface area contributed by atoms with Gasteiger partial charge in [-0.3, -0.25) is 9.80 Å². The van der Waals surface area contributed by atoms with Crippen LogP contribution in [-0.2, 0) is 0 Å². The molecular formula is C16H25N3O2. The van der Waals surface area contributed by atoms with Gasteiger partial charge >= 0.3 is 0 Å². The van der Waals surface area contributed by atoms with Gasteiger partial charge in [-0.25, -0.2) is 0 Å². The van der Waals surface area contributed by atoms with E-state index in [0.717, 1.165) is 31.1 Å². The zero-order valence-corrected chi connectivity index (χ0v) is 12.4. The fraction of sp³-hybridized carbons (Fsp3) is 0.625. The number of nitrogens with two attached hydrogens (primary N) is 1. The van der Waals surface area contributed by atoms with Crippen molar-refractivity contribution in [2.45, 2.75) is 25.0 Å². The van der Waals surface area contributed by atoms with Crippen LogP contribution < -0.4 is 10.5 Å². The number of β-amino-alcohol motifs (C(OH)–C–C–N with tert-alkyl or cyclic N) is 1. The number of ether oxygens (including phenoxy) is 1. The van der Waals surface area contributed by atoms with Crippen molar-refractivity contribution < 1.29 is 9.84 Å². The topological polar surface area (TPSA) is 62.0 Å². The third kappa shape index (κ3) is 3.87. The lowest BCUT2D eigenvalue weighted by atomic mass is 10.1. The molecule has 1 aromatic carbocycles. The molecule has 1 aromatic rings. The van der Waals surface area contributed by atoms with E-state index < -0.39 is 6.10 Å². The number of nitrogen functional groups attached to an aromatic ring is 1. The summed E-state index contributed by atoms with van der Waals surface area (Å²) in [4.78, 5) is 4.94. The number of nitrogens with zero attached hydrogens (tertiary/aromatic N) is 2. The van der Waals surface area contributed by atoms with Crippen LogP contribution in [-0.4, -0.2) is 66.4 Å². The first-order chi connectivity index (χ1) is 10.2. The highest BCUT2D eigenvalue weighted by Gasteiger charge is 2.30. The Hall–Kier alpha value is -1.30. The van der Waals surface area contributed by atoms with E-state index >= 15 is 0 Å². The molecule has 0 aliphatic carbocycles. The minimum absolute atomic E-state index is 0.328. The molecule has 3 rings (SSSR count). The van der Waals surface area contributed by atoms with Gasteiger partial charge in [0.2, 0.25) is 0 Å². The normalized spacial score (nSPS) is 24.7. The SMILES string of the molecule is Nc1ccc(OCC(O)CN2CCN3CCCC3C2)cc1. The summed E-state index contributed by atoms with van der Waals surface area (Å²) in [6, 6.07) is 7.98. The molecule has 21 heavy (non-hydrogen) atoms. The highest BCUT2D eigenvalue weighted by Crippen LogP contribution is 2.21. The first kappa shape index (κ1) is 14.6. The molecule has 2 atom stereocenters. The molecule has 2 heterocycles. The summed E-state index contributed by atoms with van der Waals surface area (Å²) in [5, 5.41) is 10.2. The Morgan fingerprint density at radius 1 is 1.24 bits per heavy atom. The van der Waals surface area contributed by atoms with Crippen LogP contribution in [0.1, 0.15) is 12.8 Å². The average Bonchev–Trinajstić information content (AvgIpc) is 2.94. The number of aliphatic hydroxyl groups excluding tert-OH is 1. The van der Waals surface area contributed by atoms with E-state index in [4.69, 9.17) is 10.5 Å². The summed E-state index contributed by atoms with van der Waals surface area (Å²) < 4.78 is 5.61. The second-order valence-corrected chi connectivity index (χ2v) is 6.13. The first-order valence-electron chi connectivity index (χ1n) is 7.83. The molecule has 0 amide bonds. The monoisotopic (exact) mass is 291 g/mol. The number of benzene rings is 1. The van der Waals surface area contributed by atoms with Crippen molar-refractivity contribution in [1.82, 2.24) is 9.80 Å². The Morgan fingerprint density at radius 2 is 2.05 bits per heavy atom. The van der Waals surface area contributed by atoms with Gasteiger partial charge in [-0.1, -0.05) is 0 Å². The van der Waals surface area contributed by atoms with Gasteiger partial charge in [-0.15, -0.1) is 0 Å². The van der Waals surface area contributed by atoms with E-state index in [2.05, 4.69) is 9.80 Å². The predicted octanol–water partition coefficient (Wildman–Crippen LogP) is 0.788. The van der Waals surface area contributed by atoms with Crippen molar-refractivity contribution in [1.29, 1.82) is 0 Å². The summed E-state index contributed by atoms with van der Waals surface area (Å²) in [6.45, 7) is 5.54. The number of hydrogen-bond acceptors (Lipinski definition) is 5. The largest absolute Gasteiger partial charge is 0.491 e. The molecule has 0 radical (unpaired) electrons. The molecule has 116 valence electrons. The van der Waals surface area contributed by atoms with E-state index in [0.29, 0.717) is 19.2 Å². The quantitative estimate of drug-likeness (QED) is 0.785. The highest BCUT2D eigenvalue weighted by atomic mass is 16.5. The van der Waals surface area contributed by atoms with E-state index in [1.807, 2.05) is 12.1 Å². The molecule has 0 aromatic heterocycles. The van der Waals surface area contributed by atoms with Gasteiger partial charge in [0, 0.05) is 37.9 Å². The van der Waals surface area contributed by atoms with Crippen molar-refractivity contribution in [2.24, 2.45) is 0 Å². The number of rotatable bonds is 5. The van der Waals surface area contributed by atoms with Gasteiger partial charge < -0.3 is 15.6 Å². The Bertz CT molecular complexity index is 451. The Balaban J connectivity index is 1.41. The lowest BCUT2D eigenvalue weighted by Crippen LogP contribution is -2.52. The second-order valence-electron chi connectivity index (χ2n) is 6.13. The third-order valence-electron chi connectivity index (χ3n) is 4.46. The Labute approximate surface area is 126 Å². The lowest BCUT2D eigenvalue weighted by molar-refractivity contribution is 0.0355. The van der Waals surface area contributed by atoms with Crippen molar-refractivity contribution in [3.8, 4) is 5.75 Å². The number of anilines is 1. The van der Waals surface area contributed by atoms with Gasteiger partial charge in [-0.05, 0) is 43.7 Å². The summed E-state index contributed by atoms with van der Waals surface area (Å²) in [5.74, 6) is 0.754. The van der Waals surface area contributed by atoms with Crippen molar-refractivity contribution in [2.75, 3.05) is 45.1 Å². The molecule has 0 saturated carbocycles. The fourth-order valence-corrected chi connectivity index (χ4v) is 3.33. The number of fused-ring (bicyclic) bond motifs is 1. The predicted molar refractivity (Wildman–Crippen MR) is 83.4 cm³/mol. The molecular weight excluding hydrogens is 266 g/mol. The lowest BCUT2D eigenvalue weighted by Gasteiger charge is -2.38. The molecule has 2 unspecified atom stereocenters. The van der Waals surface area contributed by atoms with Crippen LogP contribution in [0.3, 0.4) is 0 Å². The smallest absolute Gasteiger partial charge is 0.119 e. The minimum atomic E-state index is -0.449. The van der Waals surface area contributed by atoms with Crippen molar-refractivity contribution in [3.63, 3.8) is 0 Å². The maximum Gasteiger partial charge on any atom is 0.119 e. The molecule has 2 aliphatic rings. The van der Waals surface area contributed by atoms with Gasteiger partial charge in [0.25, 0.3) is 0 Å². The molecule has 2 aliphatic heterocycles. The highest BCUT2D eigenvalue weighted by molar-refractivity contribution is 5.41.